The molecule has 0 rings (SSSR count). The van der Waals surface area contributed by atoms with Crippen molar-refractivity contribution >= 4 is 0 Å². The van der Waals surface area contributed by atoms with E-state index in [2.05, 4.69) is 12.5 Å². The summed E-state index contributed by atoms with van der Waals surface area (Å²) in [7, 11) is 0. The zero-order chi connectivity index (χ0) is 8.85. The molecule has 58 valence electrons. The van der Waals surface area contributed by atoms with Gasteiger partial charge in [-0.25, -0.2) is 0 Å². The normalized spacial score (nSPS) is 12.5. The summed E-state index contributed by atoms with van der Waals surface area (Å²) in [6, 6.07) is 0. The molecule has 1 nitrogen and oxygen atoms in total. The number of terminal acetylenes is 1. The van der Waals surface area contributed by atoms with Crippen LogP contribution in [-0.4, -0.2) is 5.11 Å². The van der Waals surface area contributed by atoms with Gasteiger partial charge in [-0.15, -0.1) is 6.42 Å². The van der Waals surface area contributed by atoms with Gasteiger partial charge in [0, 0.05) is 0 Å². The largest absolute Gasteiger partial charge is 0.511 e. The van der Waals surface area contributed by atoms with Gasteiger partial charge in [-0.05, 0) is 19.9 Å². The second-order valence-electron chi connectivity index (χ2n) is 2.32. The fourth-order valence-electron chi connectivity index (χ4n) is 0.499. The van der Waals surface area contributed by atoms with Crippen LogP contribution in [0.3, 0.4) is 0 Å². The van der Waals surface area contributed by atoms with E-state index in [1.54, 1.807) is 19.1 Å². The first kappa shape index (κ1) is 9.58. The number of aliphatic hydroxyl groups excluding tert-OH is 1. The Kier molecular flexibility index (Phi) is 3.84. The first-order chi connectivity index (χ1) is 5.07. The third-order valence-corrected chi connectivity index (χ3v) is 1.08. The number of allylic oxidation sites excluding steroid dienone is 5. The molecule has 0 aliphatic heterocycles. The lowest BCUT2D eigenvalue weighted by Gasteiger charge is -1.92. The zero-order valence-electron chi connectivity index (χ0n) is 6.89. The highest BCUT2D eigenvalue weighted by molar-refractivity contribution is 5.39. The van der Waals surface area contributed by atoms with E-state index < -0.39 is 0 Å². The molecule has 0 aromatic heterocycles. The molecule has 0 bridgehead atoms. The minimum Gasteiger partial charge on any atom is -0.511 e. The van der Waals surface area contributed by atoms with Gasteiger partial charge in [0.05, 0.1) is 5.57 Å². The van der Waals surface area contributed by atoms with E-state index in [1.165, 1.54) is 0 Å². The molecule has 0 aromatic carbocycles. The maximum Gasteiger partial charge on any atom is 0.105 e. The molecule has 0 aliphatic carbocycles. The van der Waals surface area contributed by atoms with Crippen LogP contribution in [0.1, 0.15) is 13.8 Å². The fourth-order valence-corrected chi connectivity index (χ4v) is 0.499. The zero-order valence-corrected chi connectivity index (χ0v) is 6.89. The van der Waals surface area contributed by atoms with Crippen molar-refractivity contribution in [1.82, 2.24) is 0 Å². The molecule has 0 radical (unpaired) electrons. The summed E-state index contributed by atoms with van der Waals surface area (Å²) in [5.41, 5.74) is 1.40. The Labute approximate surface area is 67.7 Å². The van der Waals surface area contributed by atoms with E-state index in [-0.39, 0.29) is 5.76 Å². The highest BCUT2D eigenvalue weighted by atomic mass is 16.3. The van der Waals surface area contributed by atoms with Gasteiger partial charge in [-0.2, -0.15) is 0 Å². The predicted molar refractivity (Wildman–Crippen MR) is 48.1 cm³/mol. The number of aliphatic hydroxyl groups is 1. The summed E-state index contributed by atoms with van der Waals surface area (Å²) in [4.78, 5) is 0. The predicted octanol–water partition coefficient (Wildman–Crippen LogP) is 2.58. The third-order valence-electron chi connectivity index (χ3n) is 1.08. The summed E-state index contributed by atoms with van der Waals surface area (Å²) >= 11 is 0. The number of rotatable bonds is 2. The molecule has 1 heteroatoms. The molecular weight excluding hydrogens is 136 g/mol. The third kappa shape index (κ3) is 4.05. The minimum absolute atomic E-state index is 0.157. The van der Waals surface area contributed by atoms with Crippen LogP contribution in [0.4, 0.5) is 0 Å². The Morgan fingerprint density at radius 2 is 2.00 bits per heavy atom. The van der Waals surface area contributed by atoms with Gasteiger partial charge >= 0.3 is 0 Å². The molecule has 0 aromatic rings. The van der Waals surface area contributed by atoms with Crippen molar-refractivity contribution in [3.05, 3.63) is 35.6 Å². The number of hydrogen-bond acceptors (Lipinski definition) is 1. The molecule has 11 heavy (non-hydrogen) atoms. The molecular formula is C10H12O. The molecule has 0 aliphatic rings. The van der Waals surface area contributed by atoms with Crippen molar-refractivity contribution in [2.24, 2.45) is 0 Å². The average Bonchev–Trinajstić information content (AvgIpc) is 1.87. The van der Waals surface area contributed by atoms with Gasteiger partial charge in [0.15, 0.2) is 0 Å². The van der Waals surface area contributed by atoms with Crippen molar-refractivity contribution in [2.45, 2.75) is 13.8 Å². The van der Waals surface area contributed by atoms with Crippen LogP contribution in [0.2, 0.25) is 0 Å². The summed E-state index contributed by atoms with van der Waals surface area (Å²) in [6.45, 7) is 7.07. The Hall–Kier alpha value is -1.42. The first-order valence-corrected chi connectivity index (χ1v) is 3.28. The lowest BCUT2D eigenvalue weighted by molar-refractivity contribution is 0.411. The Morgan fingerprint density at radius 3 is 2.27 bits per heavy atom. The Bertz CT molecular complexity index is 245. The van der Waals surface area contributed by atoms with Crippen molar-refractivity contribution in [3.63, 3.8) is 0 Å². The van der Waals surface area contributed by atoms with Gasteiger partial charge in [0.2, 0.25) is 0 Å². The van der Waals surface area contributed by atoms with E-state index in [4.69, 9.17) is 11.5 Å². The van der Waals surface area contributed by atoms with E-state index in [1.807, 2.05) is 6.92 Å². The highest BCUT2D eigenvalue weighted by Crippen LogP contribution is 2.02. The average molecular weight is 148 g/mol. The van der Waals surface area contributed by atoms with Crippen molar-refractivity contribution in [1.29, 1.82) is 0 Å². The lowest BCUT2D eigenvalue weighted by Crippen LogP contribution is -1.79. The van der Waals surface area contributed by atoms with Crippen LogP contribution in [0.25, 0.3) is 0 Å². The van der Waals surface area contributed by atoms with Crippen molar-refractivity contribution < 1.29 is 5.11 Å². The fraction of sp³-hybridized carbons (Fsp3) is 0.200. The molecule has 0 saturated carbocycles. The summed E-state index contributed by atoms with van der Waals surface area (Å²) in [6.07, 6.45) is 8.53. The molecule has 0 amide bonds. The molecule has 0 unspecified atom stereocenters. The quantitative estimate of drug-likeness (QED) is 0.362. The van der Waals surface area contributed by atoms with Crippen LogP contribution in [0, 0.1) is 12.3 Å². The first-order valence-electron chi connectivity index (χ1n) is 3.28. The van der Waals surface area contributed by atoms with Gasteiger partial charge in [-0.3, -0.25) is 0 Å². The Balaban J connectivity index is 4.50. The van der Waals surface area contributed by atoms with Gasteiger partial charge in [0.25, 0.3) is 0 Å². The smallest absolute Gasteiger partial charge is 0.105 e. The molecule has 0 fully saturated rings. The lowest BCUT2D eigenvalue weighted by atomic mass is 10.2. The molecule has 0 heterocycles. The van der Waals surface area contributed by atoms with Crippen LogP contribution >= 0.6 is 0 Å². The van der Waals surface area contributed by atoms with Crippen LogP contribution in [-0.2, 0) is 0 Å². The van der Waals surface area contributed by atoms with Crippen molar-refractivity contribution in [3.8, 4) is 12.3 Å². The molecule has 0 saturated heterocycles. The topological polar surface area (TPSA) is 20.2 Å². The second-order valence-corrected chi connectivity index (χ2v) is 2.32. The summed E-state index contributed by atoms with van der Waals surface area (Å²) in [5, 5.41) is 8.98. The SMILES string of the molecule is C#CC(/C=C\C(=C)C)=C(/C)O. The molecule has 1 N–H and O–H groups in total. The van der Waals surface area contributed by atoms with E-state index >= 15 is 0 Å². The maximum absolute atomic E-state index is 8.98. The summed E-state index contributed by atoms with van der Waals surface area (Å²) in [5.74, 6) is 2.52. The summed E-state index contributed by atoms with van der Waals surface area (Å²) < 4.78 is 0. The van der Waals surface area contributed by atoms with Crippen LogP contribution < -0.4 is 0 Å². The Morgan fingerprint density at radius 1 is 1.45 bits per heavy atom. The highest BCUT2D eigenvalue weighted by Gasteiger charge is 1.90. The number of hydrogen-bond donors (Lipinski definition) is 1. The maximum atomic E-state index is 8.98. The molecule has 0 atom stereocenters. The second kappa shape index (κ2) is 4.40. The van der Waals surface area contributed by atoms with Gasteiger partial charge < -0.3 is 5.11 Å². The molecule has 0 spiro atoms. The van der Waals surface area contributed by atoms with Gasteiger partial charge in [0.1, 0.15) is 5.76 Å². The van der Waals surface area contributed by atoms with Crippen LogP contribution in [0.15, 0.2) is 35.6 Å². The van der Waals surface area contributed by atoms with E-state index in [0.717, 1.165) is 5.57 Å². The van der Waals surface area contributed by atoms with E-state index in [0.29, 0.717) is 5.57 Å². The standard InChI is InChI=1S/C10H12O/c1-5-10(9(4)11)7-6-8(2)3/h1,6-7,11H,2H2,3-4H3/b7-6-,10-9+. The monoisotopic (exact) mass is 148 g/mol. The van der Waals surface area contributed by atoms with Gasteiger partial charge in [-0.1, -0.05) is 24.1 Å². The van der Waals surface area contributed by atoms with Crippen LogP contribution in [0.5, 0.6) is 0 Å². The minimum atomic E-state index is 0.157. The van der Waals surface area contributed by atoms with E-state index in [9.17, 15) is 0 Å². The van der Waals surface area contributed by atoms with Crippen molar-refractivity contribution in [2.75, 3.05) is 0 Å².